The average molecular weight is 458 g/mol. The van der Waals surface area contributed by atoms with Gasteiger partial charge in [-0.1, -0.05) is 6.08 Å². The molecule has 2 rings (SSSR count). The maximum Gasteiger partial charge on any atom is 0.355 e. The van der Waals surface area contributed by atoms with Crippen LogP contribution in [0.15, 0.2) is 60.0 Å². The van der Waals surface area contributed by atoms with Crippen molar-refractivity contribution < 1.29 is 43.7 Å². The third-order valence-corrected chi connectivity index (χ3v) is 4.55. The summed E-state index contributed by atoms with van der Waals surface area (Å²) in [4.78, 5) is 60.4. The number of carbonyl (C=O) groups is 5. The molecule has 0 fully saturated rings. The minimum Gasteiger partial charge on any atom is -0.481 e. The molecule has 0 spiro atoms. The maximum atomic E-state index is 12.4. The van der Waals surface area contributed by atoms with Gasteiger partial charge in [0.2, 0.25) is 0 Å². The number of carboxylic acid groups (broad SMARTS) is 2. The fraction of sp³-hybridized carbons (Fsp3) is 0.227. The van der Waals surface area contributed by atoms with Gasteiger partial charge in [-0.15, -0.1) is 0 Å². The summed E-state index contributed by atoms with van der Waals surface area (Å²) in [6.07, 6.45) is 5.35. The number of carbonyl (C=O) groups excluding carboxylic acids is 3. The molecule has 0 saturated carbocycles. The van der Waals surface area contributed by atoms with Crippen LogP contribution in [0.25, 0.3) is 0 Å². The van der Waals surface area contributed by atoms with Crippen molar-refractivity contribution in [1.82, 2.24) is 5.32 Å². The third kappa shape index (κ3) is 6.29. The van der Waals surface area contributed by atoms with Crippen LogP contribution in [0.2, 0.25) is 0 Å². The highest BCUT2D eigenvalue weighted by Gasteiger charge is 2.28. The van der Waals surface area contributed by atoms with Crippen LogP contribution in [0.3, 0.4) is 0 Å². The molecule has 0 radical (unpaired) electrons. The number of nitrogens with zero attached hydrogens (tertiary/aromatic N) is 1. The maximum absolute atomic E-state index is 12.4. The molecule has 1 aliphatic rings. The topological polar surface area (TPSA) is 160 Å². The van der Waals surface area contributed by atoms with Crippen LogP contribution in [0, 0.1) is 0 Å². The van der Waals surface area contributed by atoms with Gasteiger partial charge in [0.05, 0.1) is 19.8 Å². The van der Waals surface area contributed by atoms with Crippen molar-refractivity contribution in [3.63, 3.8) is 0 Å². The molecule has 1 amide bonds. The molecule has 1 aromatic carbocycles. The Balaban J connectivity index is 2.32. The second kappa shape index (κ2) is 11.3. The van der Waals surface area contributed by atoms with E-state index in [0.29, 0.717) is 5.69 Å². The number of esters is 2. The number of nitrogens with one attached hydrogen (secondary N) is 1. The second-order valence-corrected chi connectivity index (χ2v) is 6.66. The average Bonchev–Trinajstić information content (AvgIpc) is 3.03. The van der Waals surface area contributed by atoms with E-state index >= 15 is 0 Å². The van der Waals surface area contributed by atoms with E-state index in [9.17, 15) is 29.1 Å². The quantitative estimate of drug-likeness (QED) is 0.459. The third-order valence-electron chi connectivity index (χ3n) is 4.55. The number of rotatable bonds is 9. The Morgan fingerprint density at radius 3 is 2.15 bits per heavy atom. The number of methoxy groups -OCH3 is 2. The van der Waals surface area contributed by atoms with E-state index in [1.165, 1.54) is 48.6 Å². The van der Waals surface area contributed by atoms with E-state index in [-0.39, 0.29) is 23.3 Å². The van der Waals surface area contributed by atoms with Crippen molar-refractivity contribution in [2.75, 3.05) is 19.1 Å². The molecule has 11 nitrogen and oxygen atoms in total. The fourth-order valence-corrected chi connectivity index (χ4v) is 2.91. The summed E-state index contributed by atoms with van der Waals surface area (Å²) in [5, 5.41) is 20.2. The Morgan fingerprint density at radius 2 is 1.61 bits per heavy atom. The van der Waals surface area contributed by atoms with Crippen LogP contribution in [0.5, 0.6) is 0 Å². The zero-order chi connectivity index (χ0) is 24.5. The lowest BCUT2D eigenvalue weighted by atomic mass is 10.1. The number of anilines is 1. The van der Waals surface area contributed by atoms with Crippen LogP contribution in [0.4, 0.5) is 5.69 Å². The Labute approximate surface area is 188 Å². The minimum absolute atomic E-state index is 0.0427. The number of carboxylic acids is 2. The molecule has 1 atom stereocenters. The second-order valence-electron chi connectivity index (χ2n) is 6.66. The first kappa shape index (κ1) is 24.9. The minimum atomic E-state index is -1.37. The number of ether oxygens (including phenoxy) is 2. The normalized spacial score (nSPS) is 13.7. The lowest BCUT2D eigenvalue weighted by Gasteiger charge is -2.23. The molecule has 0 aromatic heterocycles. The summed E-state index contributed by atoms with van der Waals surface area (Å²) in [6, 6.07) is 4.37. The smallest absolute Gasteiger partial charge is 0.355 e. The first-order chi connectivity index (χ1) is 15.7. The largest absolute Gasteiger partial charge is 0.481 e. The molecule has 1 unspecified atom stereocenters. The van der Waals surface area contributed by atoms with Crippen LogP contribution in [0.1, 0.15) is 23.2 Å². The van der Waals surface area contributed by atoms with Gasteiger partial charge in [-0.25, -0.2) is 14.4 Å². The van der Waals surface area contributed by atoms with Crippen LogP contribution < -0.4 is 10.2 Å². The van der Waals surface area contributed by atoms with E-state index in [1.807, 2.05) is 0 Å². The molecule has 0 saturated heterocycles. The Kier molecular flexibility index (Phi) is 8.49. The summed E-state index contributed by atoms with van der Waals surface area (Å²) < 4.78 is 9.56. The summed E-state index contributed by atoms with van der Waals surface area (Å²) in [6.45, 7) is 0. The highest BCUT2D eigenvalue weighted by atomic mass is 16.5. The number of allylic oxidation sites excluding steroid dienone is 2. The number of benzene rings is 1. The van der Waals surface area contributed by atoms with Gasteiger partial charge in [-0.2, -0.15) is 0 Å². The molecular weight excluding hydrogens is 436 g/mol. The summed E-state index contributed by atoms with van der Waals surface area (Å²) in [7, 11) is 2.34. The summed E-state index contributed by atoms with van der Waals surface area (Å²) >= 11 is 0. The van der Waals surface area contributed by atoms with Gasteiger partial charge in [0, 0.05) is 23.9 Å². The molecule has 11 heteroatoms. The number of amides is 1. The van der Waals surface area contributed by atoms with Gasteiger partial charge in [0.25, 0.3) is 5.91 Å². The van der Waals surface area contributed by atoms with E-state index in [2.05, 4.69) is 5.32 Å². The van der Waals surface area contributed by atoms with Crippen molar-refractivity contribution in [3.8, 4) is 0 Å². The number of aliphatic carboxylic acids is 2. The lowest BCUT2D eigenvalue weighted by Crippen LogP contribution is -2.41. The van der Waals surface area contributed by atoms with Gasteiger partial charge in [-0.05, 0) is 42.8 Å². The van der Waals surface area contributed by atoms with E-state index in [4.69, 9.17) is 14.6 Å². The SMILES string of the molecule is COC(=O)C1=C(C(=O)OC)N(c2ccc(C(=O)NC(CCC(=O)O)C(=O)O)cc2)C=CC=C1. The first-order valence-electron chi connectivity index (χ1n) is 9.60. The molecule has 33 heavy (non-hydrogen) atoms. The summed E-state index contributed by atoms with van der Waals surface area (Å²) in [5.74, 6) is -4.80. The predicted octanol–water partition coefficient (Wildman–Crippen LogP) is 1.22. The van der Waals surface area contributed by atoms with Gasteiger partial charge in [-0.3, -0.25) is 9.59 Å². The van der Waals surface area contributed by atoms with Gasteiger partial charge in [0.1, 0.15) is 11.7 Å². The van der Waals surface area contributed by atoms with Crippen molar-refractivity contribution in [1.29, 1.82) is 0 Å². The van der Waals surface area contributed by atoms with Crippen LogP contribution >= 0.6 is 0 Å². The highest BCUT2D eigenvalue weighted by molar-refractivity contribution is 6.05. The Morgan fingerprint density at radius 1 is 0.970 bits per heavy atom. The van der Waals surface area contributed by atoms with E-state index < -0.39 is 42.2 Å². The molecule has 0 bridgehead atoms. The molecule has 174 valence electrons. The molecule has 1 aromatic rings. The van der Waals surface area contributed by atoms with Gasteiger partial charge >= 0.3 is 23.9 Å². The molecule has 3 N–H and O–H groups in total. The fourth-order valence-electron chi connectivity index (χ4n) is 2.91. The monoisotopic (exact) mass is 458 g/mol. The standard InChI is InChI=1S/C22H22N2O9/c1-32-21(30)15-5-3-4-12-24(18(15)22(31)33-2)14-8-6-13(7-9-14)19(27)23-16(20(28)29)10-11-17(25)26/h3-9,12,16H,10-11H2,1-2H3,(H,23,27)(H,25,26)(H,28,29). The van der Waals surface area contributed by atoms with E-state index in [1.54, 1.807) is 12.2 Å². The molecule has 0 aliphatic carbocycles. The zero-order valence-corrected chi connectivity index (χ0v) is 17.8. The number of hydrogen-bond donors (Lipinski definition) is 3. The van der Waals surface area contributed by atoms with Gasteiger partial charge < -0.3 is 29.9 Å². The molecular formula is C22H22N2O9. The number of hydrogen-bond acceptors (Lipinski definition) is 8. The Hall–Kier alpha value is -4.41. The Bertz CT molecular complexity index is 1040. The van der Waals surface area contributed by atoms with E-state index in [0.717, 1.165) is 7.11 Å². The predicted molar refractivity (Wildman–Crippen MR) is 114 cm³/mol. The first-order valence-corrected chi connectivity index (χ1v) is 9.60. The van der Waals surface area contributed by atoms with Crippen LogP contribution in [-0.2, 0) is 28.7 Å². The van der Waals surface area contributed by atoms with Crippen molar-refractivity contribution in [2.45, 2.75) is 18.9 Å². The van der Waals surface area contributed by atoms with Crippen molar-refractivity contribution in [3.05, 3.63) is 65.5 Å². The van der Waals surface area contributed by atoms with Crippen molar-refractivity contribution >= 4 is 35.5 Å². The summed E-state index contributed by atoms with van der Waals surface area (Å²) in [5.41, 5.74) is 0.355. The van der Waals surface area contributed by atoms with Gasteiger partial charge in [0.15, 0.2) is 0 Å². The lowest BCUT2D eigenvalue weighted by molar-refractivity contribution is -0.140. The van der Waals surface area contributed by atoms with Crippen molar-refractivity contribution in [2.24, 2.45) is 0 Å². The molecule has 1 aliphatic heterocycles. The zero-order valence-electron chi connectivity index (χ0n) is 17.8. The molecule has 1 heterocycles. The highest BCUT2D eigenvalue weighted by Crippen LogP contribution is 2.26. The van der Waals surface area contributed by atoms with Crippen LogP contribution in [-0.4, -0.2) is 60.3 Å².